The summed E-state index contributed by atoms with van der Waals surface area (Å²) < 4.78 is 0. The molecule has 0 aliphatic rings. The van der Waals surface area contributed by atoms with E-state index >= 15 is 0 Å². The molecule has 0 saturated heterocycles. The van der Waals surface area contributed by atoms with Gasteiger partial charge in [0.05, 0.1) is 68.4 Å². The molecule has 92 heavy (non-hydrogen) atoms. The molecule has 0 aliphatic heterocycles. The number of benzene rings is 5. The van der Waals surface area contributed by atoms with Crippen molar-refractivity contribution < 1.29 is 99.9 Å². The Balaban J connectivity index is 0.000000793. The SMILES string of the molecule is CC(=Nc1c(C(C)C)cccc1C(C)C)c1ccc2ccc(C(C)=Nc3c(C(C)C)cccc3C(C)C)nc2n1.CC(=Nc1c(C(C)C)cccc1C(C)C)c1ccc2ccc(C(C)=Nc3c(C(C)C)cccc3C(C)C)nc2n1.[Br-].[Br-].[Ni].[Ni].[Ni].[Ni].c1ccccc1. The zero-order valence-electron chi connectivity index (χ0n) is 57.2. The van der Waals surface area contributed by atoms with Crippen molar-refractivity contribution in [2.75, 3.05) is 0 Å². The first-order valence-corrected chi connectivity index (χ1v) is 31.2. The van der Waals surface area contributed by atoms with E-state index in [0.29, 0.717) is 58.6 Å². The first-order valence-electron chi connectivity index (χ1n) is 31.2. The van der Waals surface area contributed by atoms with Crippen LogP contribution in [-0.4, -0.2) is 42.8 Å². The van der Waals surface area contributed by atoms with E-state index in [0.717, 1.165) is 79.1 Å². The molecule has 0 saturated carbocycles. The molecule has 0 amide bonds. The Kier molecular flexibility index (Phi) is 36.6. The summed E-state index contributed by atoms with van der Waals surface area (Å²) in [6.07, 6.45) is 0. The molecule has 502 valence electrons. The zero-order valence-corrected chi connectivity index (χ0v) is 64.4. The molecule has 5 aromatic carbocycles. The number of aliphatic imine (C=N–C) groups is 4. The van der Waals surface area contributed by atoms with Crippen molar-refractivity contribution in [2.24, 2.45) is 20.0 Å². The van der Waals surface area contributed by atoms with Crippen LogP contribution in [0.4, 0.5) is 22.7 Å². The molecule has 0 fully saturated rings. The van der Waals surface area contributed by atoms with Crippen LogP contribution in [-0.2, 0) is 66.0 Å². The van der Waals surface area contributed by atoms with Gasteiger partial charge in [0.2, 0.25) is 0 Å². The minimum Gasteiger partial charge on any atom is -1.00 e. The molecule has 0 unspecified atom stereocenters. The Morgan fingerprint density at radius 2 is 0.391 bits per heavy atom. The van der Waals surface area contributed by atoms with Gasteiger partial charge in [0.25, 0.3) is 0 Å². The molecule has 0 atom stereocenters. The molecule has 14 heteroatoms. The van der Waals surface area contributed by atoms with E-state index in [9.17, 15) is 0 Å². The minimum atomic E-state index is 0. The van der Waals surface area contributed by atoms with Crippen molar-refractivity contribution in [3.8, 4) is 0 Å². The first-order chi connectivity index (χ1) is 40.9. The zero-order chi connectivity index (χ0) is 62.5. The van der Waals surface area contributed by atoms with Crippen molar-refractivity contribution in [3.05, 3.63) is 225 Å². The number of hydrogen-bond acceptors (Lipinski definition) is 8. The monoisotopic (exact) mass is 1530 g/mol. The summed E-state index contributed by atoms with van der Waals surface area (Å²) in [5.41, 5.74) is 22.7. The fourth-order valence-corrected chi connectivity index (χ4v) is 10.7. The van der Waals surface area contributed by atoms with Crippen LogP contribution in [0.2, 0.25) is 0 Å². The van der Waals surface area contributed by atoms with Crippen molar-refractivity contribution in [2.45, 2.75) is 186 Å². The molecule has 0 bridgehead atoms. The number of rotatable bonds is 16. The predicted octanol–water partition coefficient (Wildman–Crippen LogP) is 16.5. The molecule has 4 aromatic heterocycles. The van der Waals surface area contributed by atoms with Crippen LogP contribution in [0.5, 0.6) is 0 Å². The summed E-state index contributed by atoms with van der Waals surface area (Å²) in [6, 6.07) is 54.6. The van der Waals surface area contributed by atoms with E-state index in [4.69, 9.17) is 39.9 Å². The van der Waals surface area contributed by atoms with Crippen molar-refractivity contribution >= 4 is 67.7 Å². The number of fused-ring (bicyclic) bond motifs is 2. The van der Waals surface area contributed by atoms with Gasteiger partial charge in [-0.25, -0.2) is 19.9 Å². The predicted molar refractivity (Wildman–Crippen MR) is 371 cm³/mol. The molecule has 8 nitrogen and oxygen atoms in total. The van der Waals surface area contributed by atoms with Crippen molar-refractivity contribution in [1.82, 2.24) is 19.9 Å². The van der Waals surface area contributed by atoms with Gasteiger partial charge in [0.1, 0.15) is 0 Å². The second kappa shape index (κ2) is 39.6. The molecule has 0 radical (unpaired) electrons. The maximum absolute atomic E-state index is 5.15. The number of aromatic nitrogens is 4. The number of hydrogen-bond donors (Lipinski definition) is 0. The summed E-state index contributed by atoms with van der Waals surface area (Å²) in [4.78, 5) is 40.4. The third kappa shape index (κ3) is 21.9. The summed E-state index contributed by atoms with van der Waals surface area (Å²) in [5, 5.41) is 2.01. The largest absolute Gasteiger partial charge is 1.00 e. The van der Waals surface area contributed by atoms with Crippen molar-refractivity contribution in [1.29, 1.82) is 0 Å². The Bertz CT molecular complexity index is 3330. The van der Waals surface area contributed by atoms with Crippen LogP contribution in [0.15, 0.2) is 178 Å². The van der Waals surface area contributed by atoms with Crippen molar-refractivity contribution in [3.63, 3.8) is 0 Å². The topological polar surface area (TPSA) is 101 Å². The first kappa shape index (κ1) is 84.8. The standard InChI is InChI=1S/2C36H44N4.C6H6.2BrH.4Ni/c2*1-21(2)28-13-11-14-29(22(3)4)34(28)37-25(9)32-19-17-27-18-20-33(40-36(27)39-32)26(10)38-35-30(23(5)6)15-12-16-31(35)24(7)8;1-2-4-6-5-3-1;;;;;;/h2*11-24H,1-10H3;1-6H;2*1H;;;;/p-2. The Hall–Kier alpha value is -5.17. The molecular formula is C78H94Br2N8Ni4-2. The molecule has 9 aromatic rings. The maximum atomic E-state index is 5.15. The Labute approximate surface area is 612 Å². The van der Waals surface area contributed by atoms with Crippen LogP contribution < -0.4 is 34.0 Å². The van der Waals surface area contributed by atoms with Crippen LogP contribution in [0.25, 0.3) is 22.1 Å². The smallest absolute Gasteiger partial charge is 0.160 e. The van der Waals surface area contributed by atoms with Gasteiger partial charge in [0, 0.05) is 76.7 Å². The van der Waals surface area contributed by atoms with Gasteiger partial charge in [0.15, 0.2) is 11.3 Å². The van der Waals surface area contributed by atoms with Crippen LogP contribution in [0.3, 0.4) is 0 Å². The second-order valence-electron chi connectivity index (χ2n) is 25.2. The third-order valence-corrected chi connectivity index (χ3v) is 15.7. The molecule has 0 aliphatic carbocycles. The maximum Gasteiger partial charge on any atom is 0.160 e. The van der Waals surface area contributed by atoms with Gasteiger partial charge >= 0.3 is 0 Å². The molecular weight excluding hydrogens is 1440 g/mol. The molecule has 4 heterocycles. The normalized spacial score (nSPS) is 11.8. The van der Waals surface area contributed by atoms with E-state index < -0.39 is 0 Å². The second-order valence-corrected chi connectivity index (χ2v) is 25.2. The van der Waals surface area contributed by atoms with Gasteiger partial charge in [-0.05, 0) is 168 Å². The average Bonchev–Trinajstić information content (AvgIpc) is 0.831. The number of pyridine rings is 4. The Morgan fingerprint density at radius 3 is 0.533 bits per heavy atom. The van der Waals surface area contributed by atoms with E-state index in [1.54, 1.807) is 0 Å². The number of para-hydroxylation sites is 4. The fourth-order valence-electron chi connectivity index (χ4n) is 10.7. The fraction of sp³-hybridized carbons (Fsp3) is 0.359. The van der Waals surface area contributed by atoms with Crippen LogP contribution >= 0.6 is 0 Å². The molecule has 0 spiro atoms. The third-order valence-electron chi connectivity index (χ3n) is 15.7. The van der Waals surface area contributed by atoms with E-state index in [1.165, 1.54) is 44.5 Å². The quantitative estimate of drug-likeness (QED) is 0.0710. The van der Waals surface area contributed by atoms with Crippen LogP contribution in [0.1, 0.15) is 253 Å². The van der Waals surface area contributed by atoms with Gasteiger partial charge in [-0.1, -0.05) is 220 Å². The summed E-state index contributed by atoms with van der Waals surface area (Å²) in [7, 11) is 0. The van der Waals surface area contributed by atoms with E-state index in [2.05, 4.69) is 208 Å². The summed E-state index contributed by atoms with van der Waals surface area (Å²) >= 11 is 0. The summed E-state index contributed by atoms with van der Waals surface area (Å²) in [6.45, 7) is 43.7. The van der Waals surface area contributed by atoms with Gasteiger partial charge in [-0.3, -0.25) is 20.0 Å². The molecule has 0 N–H and O–H groups in total. The molecule has 9 rings (SSSR count). The van der Waals surface area contributed by atoms with E-state index in [-0.39, 0.29) is 99.9 Å². The number of nitrogens with zero attached hydrogens (tertiary/aromatic N) is 8. The average molecular weight is 1540 g/mol. The summed E-state index contributed by atoms with van der Waals surface area (Å²) in [5.74, 6) is 3.10. The Morgan fingerprint density at radius 1 is 0.239 bits per heavy atom. The number of halogens is 2. The van der Waals surface area contributed by atoms with Gasteiger partial charge < -0.3 is 34.0 Å². The van der Waals surface area contributed by atoms with Gasteiger partial charge in [-0.2, -0.15) is 0 Å². The van der Waals surface area contributed by atoms with E-state index in [1.807, 2.05) is 88.4 Å². The minimum absolute atomic E-state index is 0. The van der Waals surface area contributed by atoms with Gasteiger partial charge in [-0.15, -0.1) is 0 Å². The van der Waals surface area contributed by atoms with Crippen LogP contribution in [0, 0.1) is 0 Å².